The first kappa shape index (κ1) is 16.6. The van der Waals surface area contributed by atoms with E-state index in [2.05, 4.69) is 15.5 Å². The molecule has 1 aliphatic heterocycles. The van der Waals surface area contributed by atoms with E-state index in [0.29, 0.717) is 23.9 Å². The highest BCUT2D eigenvalue weighted by Crippen LogP contribution is 2.27. The Bertz CT molecular complexity index is 730. The number of urea groups is 1. The molecule has 0 radical (unpaired) electrons. The molecular weight excluding hydrogens is 326 g/mol. The monoisotopic (exact) mass is 345 g/mol. The van der Waals surface area contributed by atoms with Crippen LogP contribution in [-0.4, -0.2) is 32.3 Å². The number of anilines is 3. The second-order valence-electron chi connectivity index (χ2n) is 5.61. The van der Waals surface area contributed by atoms with E-state index in [1.807, 2.05) is 43.3 Å². The molecule has 0 spiro atoms. The summed E-state index contributed by atoms with van der Waals surface area (Å²) >= 11 is 6.09. The molecule has 2 amide bonds. The van der Waals surface area contributed by atoms with Gasteiger partial charge in [0.25, 0.3) is 0 Å². The maximum atomic E-state index is 12.4. The Balaban J connectivity index is 1.73. The number of morpholine rings is 1. The lowest BCUT2D eigenvalue weighted by molar-refractivity contribution is 0.123. The van der Waals surface area contributed by atoms with Crippen molar-refractivity contribution in [1.82, 2.24) is 0 Å². The van der Waals surface area contributed by atoms with E-state index in [0.717, 1.165) is 30.0 Å². The summed E-state index contributed by atoms with van der Waals surface area (Å²) < 4.78 is 5.39. The number of benzene rings is 2. The van der Waals surface area contributed by atoms with Gasteiger partial charge in [-0.3, -0.25) is 0 Å². The first-order valence-electron chi connectivity index (χ1n) is 7.90. The van der Waals surface area contributed by atoms with E-state index in [9.17, 15) is 4.79 Å². The van der Waals surface area contributed by atoms with Crippen molar-refractivity contribution >= 4 is 34.7 Å². The van der Waals surface area contributed by atoms with Crippen molar-refractivity contribution in [3.63, 3.8) is 0 Å². The number of hydrogen-bond acceptors (Lipinski definition) is 3. The number of halogens is 1. The zero-order chi connectivity index (χ0) is 16.9. The fraction of sp³-hybridized carbons (Fsp3) is 0.278. The molecule has 1 aliphatic rings. The van der Waals surface area contributed by atoms with Crippen LogP contribution in [0.4, 0.5) is 21.9 Å². The predicted octanol–water partition coefficient (Wildman–Crippen LogP) is 4.13. The van der Waals surface area contributed by atoms with Gasteiger partial charge in [0.15, 0.2) is 0 Å². The van der Waals surface area contributed by atoms with Crippen LogP contribution in [0.5, 0.6) is 0 Å². The molecule has 24 heavy (non-hydrogen) atoms. The van der Waals surface area contributed by atoms with Crippen molar-refractivity contribution in [2.45, 2.75) is 6.92 Å². The van der Waals surface area contributed by atoms with Crippen molar-refractivity contribution in [3.8, 4) is 0 Å². The summed E-state index contributed by atoms with van der Waals surface area (Å²) in [6.07, 6.45) is 0. The van der Waals surface area contributed by atoms with Crippen LogP contribution in [0.15, 0.2) is 42.5 Å². The van der Waals surface area contributed by atoms with Gasteiger partial charge in [-0.25, -0.2) is 4.79 Å². The van der Waals surface area contributed by atoms with Crippen molar-refractivity contribution in [2.75, 3.05) is 41.8 Å². The molecule has 3 rings (SSSR count). The van der Waals surface area contributed by atoms with Gasteiger partial charge in [0, 0.05) is 23.8 Å². The molecular formula is C18H20ClN3O2. The minimum Gasteiger partial charge on any atom is -0.378 e. The number of amides is 2. The molecule has 0 saturated carbocycles. The number of nitrogens with zero attached hydrogens (tertiary/aromatic N) is 1. The van der Waals surface area contributed by atoms with Gasteiger partial charge < -0.3 is 20.3 Å². The van der Waals surface area contributed by atoms with Gasteiger partial charge in [0.1, 0.15) is 0 Å². The predicted molar refractivity (Wildman–Crippen MR) is 98.3 cm³/mol. The number of rotatable bonds is 3. The Morgan fingerprint density at radius 2 is 1.71 bits per heavy atom. The topological polar surface area (TPSA) is 53.6 Å². The molecule has 1 heterocycles. The lowest BCUT2D eigenvalue weighted by atomic mass is 10.2. The molecule has 0 aliphatic carbocycles. The Kier molecular flexibility index (Phi) is 5.23. The van der Waals surface area contributed by atoms with Crippen LogP contribution in [0.1, 0.15) is 5.56 Å². The number of carbonyl (C=O) groups is 1. The van der Waals surface area contributed by atoms with Crippen molar-refractivity contribution < 1.29 is 9.53 Å². The van der Waals surface area contributed by atoms with Crippen molar-refractivity contribution in [2.24, 2.45) is 0 Å². The normalized spacial score (nSPS) is 14.3. The van der Waals surface area contributed by atoms with Crippen LogP contribution in [0.25, 0.3) is 0 Å². The van der Waals surface area contributed by atoms with Crippen LogP contribution in [0.2, 0.25) is 5.02 Å². The first-order chi connectivity index (χ1) is 11.6. The van der Waals surface area contributed by atoms with Crippen LogP contribution in [0.3, 0.4) is 0 Å². The first-order valence-corrected chi connectivity index (χ1v) is 8.28. The fourth-order valence-corrected chi connectivity index (χ4v) is 2.85. The SMILES string of the molecule is Cc1c(Cl)cccc1NC(=O)Nc1ccccc1N1CCOCC1. The summed E-state index contributed by atoms with van der Waals surface area (Å²) in [5.74, 6) is 0. The number of para-hydroxylation sites is 2. The Hall–Kier alpha value is -2.24. The number of carbonyl (C=O) groups excluding carboxylic acids is 1. The van der Waals surface area contributed by atoms with Crippen molar-refractivity contribution in [3.05, 3.63) is 53.1 Å². The highest BCUT2D eigenvalue weighted by Gasteiger charge is 2.16. The van der Waals surface area contributed by atoms with Gasteiger partial charge in [-0.1, -0.05) is 29.8 Å². The second-order valence-corrected chi connectivity index (χ2v) is 6.02. The molecule has 2 aromatic rings. The zero-order valence-electron chi connectivity index (χ0n) is 13.5. The molecule has 5 nitrogen and oxygen atoms in total. The van der Waals surface area contributed by atoms with Gasteiger partial charge in [-0.15, -0.1) is 0 Å². The maximum Gasteiger partial charge on any atom is 0.323 e. The van der Waals surface area contributed by atoms with E-state index in [1.54, 1.807) is 6.07 Å². The lowest BCUT2D eigenvalue weighted by Gasteiger charge is -2.30. The van der Waals surface area contributed by atoms with E-state index in [1.165, 1.54) is 0 Å². The third-order valence-corrected chi connectivity index (χ3v) is 4.43. The van der Waals surface area contributed by atoms with Gasteiger partial charge in [0.05, 0.1) is 24.6 Å². The van der Waals surface area contributed by atoms with Crippen LogP contribution < -0.4 is 15.5 Å². The van der Waals surface area contributed by atoms with E-state index < -0.39 is 0 Å². The summed E-state index contributed by atoms with van der Waals surface area (Å²) in [4.78, 5) is 14.6. The molecule has 126 valence electrons. The summed E-state index contributed by atoms with van der Waals surface area (Å²) in [6, 6.07) is 12.9. The molecule has 0 bridgehead atoms. The molecule has 0 atom stereocenters. The van der Waals surface area contributed by atoms with E-state index in [4.69, 9.17) is 16.3 Å². The number of hydrogen-bond donors (Lipinski definition) is 2. The molecule has 6 heteroatoms. The lowest BCUT2D eigenvalue weighted by Crippen LogP contribution is -2.37. The van der Waals surface area contributed by atoms with Gasteiger partial charge in [0.2, 0.25) is 0 Å². The van der Waals surface area contributed by atoms with E-state index in [-0.39, 0.29) is 6.03 Å². The highest BCUT2D eigenvalue weighted by molar-refractivity contribution is 6.31. The average molecular weight is 346 g/mol. The molecule has 0 aromatic heterocycles. The van der Waals surface area contributed by atoms with E-state index >= 15 is 0 Å². The molecule has 0 unspecified atom stereocenters. The summed E-state index contributed by atoms with van der Waals surface area (Å²) in [5, 5.41) is 6.41. The highest BCUT2D eigenvalue weighted by atomic mass is 35.5. The summed E-state index contributed by atoms with van der Waals surface area (Å²) in [5.41, 5.74) is 3.31. The largest absolute Gasteiger partial charge is 0.378 e. The fourth-order valence-electron chi connectivity index (χ4n) is 2.68. The summed E-state index contributed by atoms with van der Waals surface area (Å²) in [7, 11) is 0. The zero-order valence-corrected chi connectivity index (χ0v) is 14.3. The second kappa shape index (κ2) is 7.55. The van der Waals surface area contributed by atoms with Crippen LogP contribution in [0, 0.1) is 6.92 Å². The van der Waals surface area contributed by atoms with Gasteiger partial charge >= 0.3 is 6.03 Å². The van der Waals surface area contributed by atoms with Gasteiger partial charge in [-0.05, 0) is 36.8 Å². The van der Waals surface area contributed by atoms with Crippen LogP contribution >= 0.6 is 11.6 Å². The Morgan fingerprint density at radius 1 is 1.04 bits per heavy atom. The Labute approximate surface area is 146 Å². The summed E-state index contributed by atoms with van der Waals surface area (Å²) in [6.45, 7) is 4.89. The van der Waals surface area contributed by atoms with Gasteiger partial charge in [-0.2, -0.15) is 0 Å². The maximum absolute atomic E-state index is 12.4. The minimum absolute atomic E-state index is 0.291. The third kappa shape index (κ3) is 3.80. The molecule has 1 fully saturated rings. The standard InChI is InChI=1S/C18H20ClN3O2/c1-13-14(19)5-4-7-15(13)20-18(23)21-16-6-2-3-8-17(16)22-9-11-24-12-10-22/h2-8H,9-12H2,1H3,(H2,20,21,23). The molecule has 2 aromatic carbocycles. The number of nitrogens with one attached hydrogen (secondary N) is 2. The average Bonchev–Trinajstić information content (AvgIpc) is 2.60. The quantitative estimate of drug-likeness (QED) is 0.879. The smallest absolute Gasteiger partial charge is 0.323 e. The molecule has 2 N–H and O–H groups in total. The minimum atomic E-state index is -0.291. The van der Waals surface area contributed by atoms with Crippen LogP contribution in [-0.2, 0) is 4.74 Å². The Morgan fingerprint density at radius 3 is 2.50 bits per heavy atom. The third-order valence-electron chi connectivity index (χ3n) is 4.02. The molecule has 1 saturated heterocycles. The number of ether oxygens (including phenoxy) is 1. The van der Waals surface area contributed by atoms with Crippen molar-refractivity contribution in [1.29, 1.82) is 0 Å².